The first-order valence-corrected chi connectivity index (χ1v) is 7.74. The molecule has 4 heteroatoms. The standard InChI is InChI=1S/C17H26N2O2/c1-4-19(10-11-20-5-2)13-15(18-3)17-12-14-8-6-7-9-16(14)21-17/h6-9,12,15,18H,4-5,10-11,13H2,1-3H3. The first kappa shape index (κ1) is 16.0. The molecule has 0 radical (unpaired) electrons. The van der Waals surface area contributed by atoms with Crippen LogP contribution in [0, 0.1) is 0 Å². The van der Waals surface area contributed by atoms with Crippen molar-refractivity contribution < 1.29 is 9.15 Å². The SMILES string of the molecule is CCOCCN(CC)CC(NC)c1cc2ccccc2o1. The molecule has 0 aliphatic rings. The Hall–Kier alpha value is -1.36. The van der Waals surface area contributed by atoms with Gasteiger partial charge in [0.2, 0.25) is 0 Å². The largest absolute Gasteiger partial charge is 0.459 e. The molecule has 1 heterocycles. The lowest BCUT2D eigenvalue weighted by Gasteiger charge is -2.25. The van der Waals surface area contributed by atoms with Gasteiger partial charge in [-0.3, -0.25) is 4.90 Å². The third-order valence-electron chi connectivity index (χ3n) is 3.78. The Kier molecular flexibility index (Phi) is 6.23. The number of rotatable bonds is 9. The van der Waals surface area contributed by atoms with Crippen LogP contribution in [0.4, 0.5) is 0 Å². The van der Waals surface area contributed by atoms with E-state index in [-0.39, 0.29) is 6.04 Å². The molecule has 0 aliphatic heterocycles. The molecule has 21 heavy (non-hydrogen) atoms. The lowest BCUT2D eigenvalue weighted by atomic mass is 10.2. The highest BCUT2D eigenvalue weighted by Crippen LogP contribution is 2.24. The molecule has 0 spiro atoms. The number of ether oxygens (including phenoxy) is 1. The predicted molar refractivity (Wildman–Crippen MR) is 86.6 cm³/mol. The zero-order valence-electron chi connectivity index (χ0n) is 13.3. The Morgan fingerprint density at radius 2 is 2.10 bits per heavy atom. The fraction of sp³-hybridized carbons (Fsp3) is 0.529. The lowest BCUT2D eigenvalue weighted by Crippen LogP contribution is -2.35. The fourth-order valence-electron chi connectivity index (χ4n) is 2.47. The van der Waals surface area contributed by atoms with Crippen molar-refractivity contribution in [1.29, 1.82) is 0 Å². The molecule has 2 aromatic rings. The van der Waals surface area contributed by atoms with Gasteiger partial charge in [-0.05, 0) is 32.6 Å². The quantitative estimate of drug-likeness (QED) is 0.720. The van der Waals surface area contributed by atoms with E-state index in [0.717, 1.165) is 49.6 Å². The highest BCUT2D eigenvalue weighted by Gasteiger charge is 2.17. The van der Waals surface area contributed by atoms with Crippen molar-refractivity contribution in [3.05, 3.63) is 36.1 Å². The molecule has 1 unspecified atom stereocenters. The second-order valence-electron chi connectivity index (χ2n) is 5.12. The van der Waals surface area contributed by atoms with Crippen molar-refractivity contribution in [1.82, 2.24) is 10.2 Å². The van der Waals surface area contributed by atoms with E-state index in [1.807, 2.05) is 32.2 Å². The molecule has 1 atom stereocenters. The monoisotopic (exact) mass is 290 g/mol. The number of para-hydroxylation sites is 1. The van der Waals surface area contributed by atoms with E-state index in [9.17, 15) is 0 Å². The number of nitrogens with zero attached hydrogens (tertiary/aromatic N) is 1. The number of hydrogen-bond acceptors (Lipinski definition) is 4. The first-order valence-electron chi connectivity index (χ1n) is 7.74. The van der Waals surface area contributed by atoms with Crippen LogP contribution in [0.25, 0.3) is 11.0 Å². The average Bonchev–Trinajstić information content (AvgIpc) is 2.94. The maximum Gasteiger partial charge on any atom is 0.134 e. The van der Waals surface area contributed by atoms with Gasteiger partial charge in [0.05, 0.1) is 12.6 Å². The van der Waals surface area contributed by atoms with E-state index in [2.05, 4.69) is 29.3 Å². The van der Waals surface area contributed by atoms with Crippen LogP contribution in [-0.2, 0) is 4.74 Å². The summed E-state index contributed by atoms with van der Waals surface area (Å²) in [4.78, 5) is 2.38. The zero-order valence-corrected chi connectivity index (χ0v) is 13.3. The third kappa shape index (κ3) is 4.30. The van der Waals surface area contributed by atoms with Crippen LogP contribution in [0.1, 0.15) is 25.6 Å². The van der Waals surface area contributed by atoms with Crippen LogP contribution in [-0.4, -0.2) is 44.8 Å². The van der Waals surface area contributed by atoms with E-state index >= 15 is 0 Å². The van der Waals surface area contributed by atoms with Gasteiger partial charge in [0, 0.05) is 25.1 Å². The summed E-state index contributed by atoms with van der Waals surface area (Å²) in [6, 6.07) is 10.5. The maximum absolute atomic E-state index is 5.97. The molecule has 0 saturated carbocycles. The summed E-state index contributed by atoms with van der Waals surface area (Å²) < 4.78 is 11.4. The van der Waals surface area contributed by atoms with Crippen LogP contribution in [0.5, 0.6) is 0 Å². The molecule has 1 aromatic carbocycles. The summed E-state index contributed by atoms with van der Waals surface area (Å²) in [5.41, 5.74) is 0.949. The van der Waals surface area contributed by atoms with Gasteiger partial charge in [0.25, 0.3) is 0 Å². The Bertz CT molecular complexity index is 505. The van der Waals surface area contributed by atoms with Gasteiger partial charge in [-0.25, -0.2) is 0 Å². The predicted octanol–water partition coefficient (Wildman–Crippen LogP) is 3.05. The molecule has 2 rings (SSSR count). The van der Waals surface area contributed by atoms with Gasteiger partial charge in [0.15, 0.2) is 0 Å². The van der Waals surface area contributed by atoms with Crippen molar-refractivity contribution in [2.24, 2.45) is 0 Å². The molecule has 1 N–H and O–H groups in total. The number of furan rings is 1. The zero-order chi connectivity index (χ0) is 15.1. The van der Waals surface area contributed by atoms with Crippen LogP contribution < -0.4 is 5.32 Å². The normalized spacial score (nSPS) is 13.1. The molecule has 0 fully saturated rings. The van der Waals surface area contributed by atoms with Gasteiger partial charge >= 0.3 is 0 Å². The van der Waals surface area contributed by atoms with Crippen molar-refractivity contribution in [3.8, 4) is 0 Å². The van der Waals surface area contributed by atoms with Crippen LogP contribution in [0.15, 0.2) is 34.7 Å². The Morgan fingerprint density at radius 3 is 2.76 bits per heavy atom. The molecule has 1 aromatic heterocycles. The van der Waals surface area contributed by atoms with Crippen LogP contribution >= 0.6 is 0 Å². The topological polar surface area (TPSA) is 37.6 Å². The van der Waals surface area contributed by atoms with Crippen LogP contribution in [0.2, 0.25) is 0 Å². The van der Waals surface area contributed by atoms with Crippen molar-refractivity contribution in [2.45, 2.75) is 19.9 Å². The van der Waals surface area contributed by atoms with E-state index in [1.54, 1.807) is 0 Å². The fourth-order valence-corrected chi connectivity index (χ4v) is 2.47. The van der Waals surface area contributed by atoms with Gasteiger partial charge in [-0.2, -0.15) is 0 Å². The highest BCUT2D eigenvalue weighted by molar-refractivity contribution is 5.77. The van der Waals surface area contributed by atoms with Crippen molar-refractivity contribution in [3.63, 3.8) is 0 Å². The minimum Gasteiger partial charge on any atom is -0.459 e. The van der Waals surface area contributed by atoms with Crippen molar-refractivity contribution >= 4 is 11.0 Å². The molecular formula is C17H26N2O2. The second kappa shape index (κ2) is 8.17. The number of fused-ring (bicyclic) bond motifs is 1. The number of benzene rings is 1. The van der Waals surface area contributed by atoms with Crippen molar-refractivity contribution in [2.75, 3.05) is 39.9 Å². The first-order chi connectivity index (χ1) is 10.3. The highest BCUT2D eigenvalue weighted by atomic mass is 16.5. The summed E-state index contributed by atoms with van der Waals surface area (Å²) >= 11 is 0. The second-order valence-corrected chi connectivity index (χ2v) is 5.12. The number of hydrogen-bond donors (Lipinski definition) is 1. The maximum atomic E-state index is 5.97. The number of nitrogens with one attached hydrogen (secondary N) is 1. The molecule has 0 bridgehead atoms. The molecule has 0 saturated heterocycles. The van der Waals surface area contributed by atoms with E-state index in [0.29, 0.717) is 0 Å². The molecular weight excluding hydrogens is 264 g/mol. The average molecular weight is 290 g/mol. The van der Waals surface area contributed by atoms with Gasteiger partial charge in [-0.1, -0.05) is 25.1 Å². The van der Waals surface area contributed by atoms with Gasteiger partial charge < -0.3 is 14.5 Å². The minimum atomic E-state index is 0.193. The summed E-state index contributed by atoms with van der Waals surface area (Å²) in [6.07, 6.45) is 0. The molecule has 0 amide bonds. The Balaban J connectivity index is 2.03. The smallest absolute Gasteiger partial charge is 0.134 e. The molecule has 116 valence electrons. The Morgan fingerprint density at radius 1 is 1.29 bits per heavy atom. The van der Waals surface area contributed by atoms with E-state index in [1.165, 1.54) is 0 Å². The minimum absolute atomic E-state index is 0.193. The molecule has 4 nitrogen and oxygen atoms in total. The lowest BCUT2D eigenvalue weighted by molar-refractivity contribution is 0.110. The van der Waals surface area contributed by atoms with Crippen LogP contribution in [0.3, 0.4) is 0 Å². The summed E-state index contributed by atoms with van der Waals surface area (Å²) in [6.45, 7) is 8.63. The third-order valence-corrected chi connectivity index (χ3v) is 3.78. The van der Waals surface area contributed by atoms with Gasteiger partial charge in [-0.15, -0.1) is 0 Å². The summed E-state index contributed by atoms with van der Waals surface area (Å²) in [7, 11) is 1.98. The van der Waals surface area contributed by atoms with E-state index < -0.39 is 0 Å². The molecule has 0 aliphatic carbocycles. The Labute approximate surface area is 127 Å². The number of likely N-dealkylation sites (N-methyl/N-ethyl adjacent to an activating group) is 2. The summed E-state index contributed by atoms with van der Waals surface area (Å²) in [5, 5.41) is 4.52. The van der Waals surface area contributed by atoms with E-state index in [4.69, 9.17) is 9.15 Å². The summed E-state index contributed by atoms with van der Waals surface area (Å²) in [5.74, 6) is 0.994. The van der Waals surface area contributed by atoms with Gasteiger partial charge in [0.1, 0.15) is 11.3 Å².